The Balaban J connectivity index is 2.21. The molecule has 5 heteroatoms. The lowest BCUT2D eigenvalue weighted by atomic mass is 9.99. The zero-order chi connectivity index (χ0) is 14.3. The van der Waals surface area contributed by atoms with Gasteiger partial charge in [0.15, 0.2) is 0 Å². The first kappa shape index (κ1) is 12.5. The van der Waals surface area contributed by atoms with Crippen LogP contribution in [0.3, 0.4) is 0 Å². The van der Waals surface area contributed by atoms with Crippen molar-refractivity contribution in [2.75, 3.05) is 11.5 Å². The predicted octanol–water partition coefficient (Wildman–Crippen LogP) is 2.91. The SMILES string of the molecule is CC(C)c1cc(-c2ccc3[nH]ncc3c2)c(N)c(N)n1. The molecule has 0 aliphatic carbocycles. The van der Waals surface area contributed by atoms with Crippen LogP contribution in [0.15, 0.2) is 30.5 Å². The Hall–Kier alpha value is -2.56. The van der Waals surface area contributed by atoms with Crippen LogP contribution in [-0.4, -0.2) is 15.2 Å². The number of hydrogen-bond donors (Lipinski definition) is 3. The standard InChI is InChI=1S/C15H17N5/c1-8(2)13-6-11(14(16)15(17)19-13)9-3-4-12-10(5-9)7-18-20-12/h3-8H,16H2,1-2H3,(H2,17,19)(H,18,20). The maximum absolute atomic E-state index is 6.09. The summed E-state index contributed by atoms with van der Waals surface area (Å²) in [6.07, 6.45) is 1.79. The quantitative estimate of drug-likeness (QED) is 0.665. The molecule has 0 atom stereocenters. The minimum absolute atomic E-state index is 0.300. The van der Waals surface area contributed by atoms with Crippen LogP contribution in [-0.2, 0) is 0 Å². The fourth-order valence-corrected chi connectivity index (χ4v) is 2.24. The maximum Gasteiger partial charge on any atom is 0.147 e. The summed E-state index contributed by atoms with van der Waals surface area (Å²) in [6.45, 7) is 4.17. The van der Waals surface area contributed by atoms with Gasteiger partial charge in [-0.2, -0.15) is 5.10 Å². The molecule has 0 fully saturated rings. The van der Waals surface area contributed by atoms with E-state index in [1.54, 1.807) is 6.20 Å². The van der Waals surface area contributed by atoms with Crippen molar-refractivity contribution in [3.8, 4) is 11.1 Å². The highest BCUT2D eigenvalue weighted by molar-refractivity contribution is 5.89. The zero-order valence-corrected chi connectivity index (χ0v) is 11.5. The van der Waals surface area contributed by atoms with Crippen molar-refractivity contribution in [3.05, 3.63) is 36.2 Å². The van der Waals surface area contributed by atoms with E-state index in [1.165, 1.54) is 0 Å². The molecule has 0 bridgehead atoms. The third-order valence-corrected chi connectivity index (χ3v) is 3.45. The van der Waals surface area contributed by atoms with E-state index in [0.29, 0.717) is 17.4 Å². The molecule has 0 amide bonds. The number of hydrogen-bond acceptors (Lipinski definition) is 4. The van der Waals surface area contributed by atoms with Gasteiger partial charge in [-0.25, -0.2) is 4.98 Å². The number of aromatic nitrogens is 3. The Bertz CT molecular complexity index is 773. The number of nitrogen functional groups attached to an aromatic ring is 2. The molecule has 1 aromatic carbocycles. The monoisotopic (exact) mass is 267 g/mol. The minimum atomic E-state index is 0.300. The molecule has 0 spiro atoms. The van der Waals surface area contributed by atoms with Gasteiger partial charge in [-0.05, 0) is 29.7 Å². The van der Waals surface area contributed by atoms with Crippen molar-refractivity contribution >= 4 is 22.4 Å². The molecule has 3 rings (SSSR count). The maximum atomic E-state index is 6.09. The highest BCUT2D eigenvalue weighted by atomic mass is 15.1. The van der Waals surface area contributed by atoms with Gasteiger partial charge in [-0.3, -0.25) is 5.10 Å². The first-order valence-electron chi connectivity index (χ1n) is 6.55. The third-order valence-electron chi connectivity index (χ3n) is 3.45. The molecule has 0 saturated heterocycles. The highest BCUT2D eigenvalue weighted by Gasteiger charge is 2.12. The molecule has 0 aliphatic heterocycles. The van der Waals surface area contributed by atoms with E-state index >= 15 is 0 Å². The average Bonchev–Trinajstić information content (AvgIpc) is 2.88. The molecule has 3 aromatic rings. The van der Waals surface area contributed by atoms with Crippen LogP contribution in [0, 0.1) is 0 Å². The van der Waals surface area contributed by atoms with Crippen LogP contribution in [0.2, 0.25) is 0 Å². The smallest absolute Gasteiger partial charge is 0.147 e. The van der Waals surface area contributed by atoms with Gasteiger partial charge in [-0.1, -0.05) is 19.9 Å². The van der Waals surface area contributed by atoms with Gasteiger partial charge in [0.05, 0.1) is 17.4 Å². The Labute approximate surface area is 117 Å². The summed E-state index contributed by atoms with van der Waals surface area (Å²) in [5.74, 6) is 0.688. The summed E-state index contributed by atoms with van der Waals surface area (Å²) in [4.78, 5) is 4.34. The van der Waals surface area contributed by atoms with Gasteiger partial charge in [0.2, 0.25) is 0 Å². The van der Waals surface area contributed by atoms with Crippen LogP contribution in [0.25, 0.3) is 22.0 Å². The normalized spacial score (nSPS) is 11.3. The summed E-state index contributed by atoms with van der Waals surface area (Å²) in [6, 6.07) is 8.06. The van der Waals surface area contributed by atoms with E-state index in [-0.39, 0.29) is 0 Å². The number of nitrogens with one attached hydrogen (secondary N) is 1. The molecule has 0 aliphatic rings. The van der Waals surface area contributed by atoms with Crippen LogP contribution in [0.1, 0.15) is 25.5 Å². The Morgan fingerprint density at radius 2 is 1.95 bits per heavy atom. The number of aromatic amines is 1. The predicted molar refractivity (Wildman–Crippen MR) is 82.2 cm³/mol. The van der Waals surface area contributed by atoms with E-state index in [1.807, 2.05) is 24.3 Å². The lowest BCUT2D eigenvalue weighted by Crippen LogP contribution is -2.04. The summed E-state index contributed by atoms with van der Waals surface area (Å²) in [5, 5.41) is 8.01. The number of rotatable bonds is 2. The number of H-pyrrole nitrogens is 1. The number of anilines is 2. The lowest BCUT2D eigenvalue weighted by Gasteiger charge is -2.13. The number of pyridine rings is 1. The Morgan fingerprint density at radius 1 is 1.15 bits per heavy atom. The Kier molecular flexibility index (Phi) is 2.82. The van der Waals surface area contributed by atoms with E-state index < -0.39 is 0 Å². The summed E-state index contributed by atoms with van der Waals surface area (Å²) in [5.41, 5.74) is 16.4. The van der Waals surface area contributed by atoms with Crippen molar-refractivity contribution in [1.82, 2.24) is 15.2 Å². The first-order valence-corrected chi connectivity index (χ1v) is 6.55. The van der Waals surface area contributed by atoms with E-state index in [4.69, 9.17) is 11.5 Å². The molecule has 5 N–H and O–H groups in total. The molecule has 0 radical (unpaired) electrons. The van der Waals surface area contributed by atoms with Crippen molar-refractivity contribution in [2.45, 2.75) is 19.8 Å². The third kappa shape index (κ3) is 1.97. The molecule has 5 nitrogen and oxygen atoms in total. The van der Waals surface area contributed by atoms with Gasteiger partial charge in [0.25, 0.3) is 0 Å². The molecule has 2 heterocycles. The molecular formula is C15H17N5. The second-order valence-electron chi connectivity index (χ2n) is 5.22. The molecule has 20 heavy (non-hydrogen) atoms. The minimum Gasteiger partial charge on any atom is -0.395 e. The lowest BCUT2D eigenvalue weighted by molar-refractivity contribution is 0.826. The largest absolute Gasteiger partial charge is 0.395 e. The second-order valence-corrected chi connectivity index (χ2v) is 5.22. The van der Waals surface area contributed by atoms with Crippen molar-refractivity contribution in [1.29, 1.82) is 0 Å². The van der Waals surface area contributed by atoms with Crippen molar-refractivity contribution < 1.29 is 0 Å². The zero-order valence-electron chi connectivity index (χ0n) is 11.5. The van der Waals surface area contributed by atoms with Crippen LogP contribution < -0.4 is 11.5 Å². The number of benzene rings is 1. The molecule has 102 valence electrons. The molecular weight excluding hydrogens is 250 g/mol. The van der Waals surface area contributed by atoms with E-state index in [9.17, 15) is 0 Å². The van der Waals surface area contributed by atoms with Gasteiger partial charge < -0.3 is 11.5 Å². The topological polar surface area (TPSA) is 93.6 Å². The molecule has 0 unspecified atom stereocenters. The van der Waals surface area contributed by atoms with Crippen LogP contribution in [0.4, 0.5) is 11.5 Å². The molecule has 0 saturated carbocycles. The van der Waals surface area contributed by atoms with Crippen LogP contribution >= 0.6 is 0 Å². The summed E-state index contributed by atoms with van der Waals surface area (Å²) < 4.78 is 0. The van der Waals surface area contributed by atoms with Crippen LogP contribution in [0.5, 0.6) is 0 Å². The van der Waals surface area contributed by atoms with Gasteiger partial charge in [0.1, 0.15) is 5.82 Å². The van der Waals surface area contributed by atoms with Crippen molar-refractivity contribution in [3.63, 3.8) is 0 Å². The highest BCUT2D eigenvalue weighted by Crippen LogP contribution is 2.33. The fourth-order valence-electron chi connectivity index (χ4n) is 2.24. The first-order chi connectivity index (χ1) is 9.56. The fraction of sp³-hybridized carbons (Fsp3) is 0.200. The summed E-state index contributed by atoms with van der Waals surface area (Å²) >= 11 is 0. The number of fused-ring (bicyclic) bond motifs is 1. The van der Waals surface area contributed by atoms with E-state index in [0.717, 1.165) is 27.7 Å². The van der Waals surface area contributed by atoms with Gasteiger partial charge in [0, 0.05) is 16.6 Å². The number of nitrogens with zero attached hydrogens (tertiary/aromatic N) is 2. The van der Waals surface area contributed by atoms with Crippen molar-refractivity contribution in [2.24, 2.45) is 0 Å². The summed E-state index contributed by atoms with van der Waals surface area (Å²) in [7, 11) is 0. The number of nitrogens with two attached hydrogens (primary N) is 2. The molecule has 2 aromatic heterocycles. The second kappa shape index (κ2) is 4.52. The van der Waals surface area contributed by atoms with E-state index in [2.05, 4.69) is 29.0 Å². The van der Waals surface area contributed by atoms with Gasteiger partial charge >= 0.3 is 0 Å². The van der Waals surface area contributed by atoms with Gasteiger partial charge in [-0.15, -0.1) is 0 Å². The average molecular weight is 267 g/mol. The Morgan fingerprint density at radius 3 is 2.70 bits per heavy atom.